The molecule has 19 heavy (non-hydrogen) atoms. The Morgan fingerprint density at radius 3 is 2.16 bits per heavy atom. The molecule has 0 rings (SSSR count). The van der Waals surface area contributed by atoms with Crippen LogP contribution in [-0.4, -0.2) is 5.97 Å². The van der Waals surface area contributed by atoms with Gasteiger partial charge < -0.3 is 9.90 Å². The van der Waals surface area contributed by atoms with Crippen molar-refractivity contribution in [3.63, 3.8) is 0 Å². The van der Waals surface area contributed by atoms with Crippen molar-refractivity contribution in [2.45, 2.75) is 78.6 Å². The Balaban J connectivity index is 0. The number of unbranched alkanes of at least 4 members (excludes halogenated alkanes) is 5. The molecule has 1 atom stereocenters. The Morgan fingerprint density at radius 1 is 1.11 bits per heavy atom. The number of rotatable bonds is 10. The Kier molecular flexibility index (Phi) is 19.6. The molecule has 3 heteroatoms. The van der Waals surface area contributed by atoms with E-state index < -0.39 is 5.97 Å². The fourth-order valence-corrected chi connectivity index (χ4v) is 1.85. The van der Waals surface area contributed by atoms with Crippen LogP contribution in [0.25, 0.3) is 0 Å². The van der Waals surface area contributed by atoms with Crippen LogP contribution in [0.2, 0.25) is 0 Å². The number of hydrogen-bond acceptors (Lipinski definition) is 2. The molecule has 0 amide bonds. The number of carboxylic acids is 1. The Morgan fingerprint density at radius 2 is 1.74 bits per heavy atom. The molecule has 0 bridgehead atoms. The summed E-state index contributed by atoms with van der Waals surface area (Å²) in [5.41, 5.74) is 0. The van der Waals surface area contributed by atoms with Crippen LogP contribution in [0.5, 0.6) is 0 Å². The molecule has 0 aliphatic carbocycles. The Bertz CT molecular complexity index is 215. The van der Waals surface area contributed by atoms with Crippen molar-refractivity contribution >= 4 is 5.97 Å². The SMILES string of the molecule is CCCCC(CC)C(=O)[O-].CCCCCCC=[CH][Ni+]. The first-order chi connectivity index (χ1) is 9.13. The molecule has 0 saturated carbocycles. The minimum absolute atomic E-state index is 0.222. The molecular formula is C16H30NiO2. The number of carboxylic acid groups (broad SMARTS) is 1. The average Bonchev–Trinajstić information content (AvgIpc) is 2.40. The number of aliphatic carboxylic acids is 1. The molecule has 0 aromatic rings. The van der Waals surface area contributed by atoms with Crippen molar-refractivity contribution in [3.8, 4) is 0 Å². The van der Waals surface area contributed by atoms with Crippen molar-refractivity contribution in [2.24, 2.45) is 5.92 Å². The Hall–Kier alpha value is -0.296. The van der Waals surface area contributed by atoms with Crippen molar-refractivity contribution in [1.29, 1.82) is 0 Å². The average molecular weight is 313 g/mol. The molecule has 0 aliphatic rings. The monoisotopic (exact) mass is 312 g/mol. The number of hydrogen-bond donors (Lipinski definition) is 0. The second kappa shape index (κ2) is 17.7. The summed E-state index contributed by atoms with van der Waals surface area (Å²) in [6.07, 6.45) is 12.1. The van der Waals surface area contributed by atoms with Crippen molar-refractivity contribution in [3.05, 3.63) is 11.1 Å². The van der Waals surface area contributed by atoms with Gasteiger partial charge in [0.25, 0.3) is 0 Å². The maximum atomic E-state index is 10.3. The molecule has 0 aromatic carbocycles. The van der Waals surface area contributed by atoms with Gasteiger partial charge in [0, 0.05) is 5.97 Å². The van der Waals surface area contributed by atoms with Crippen molar-refractivity contribution in [1.82, 2.24) is 0 Å². The van der Waals surface area contributed by atoms with Gasteiger partial charge in [-0.15, -0.1) is 0 Å². The van der Waals surface area contributed by atoms with Crippen LogP contribution in [0, 0.1) is 5.92 Å². The van der Waals surface area contributed by atoms with Gasteiger partial charge in [-0.2, -0.15) is 0 Å². The first kappa shape index (κ1) is 21.0. The van der Waals surface area contributed by atoms with E-state index in [4.69, 9.17) is 0 Å². The third-order valence-electron chi connectivity index (χ3n) is 3.03. The third-order valence-corrected chi connectivity index (χ3v) is 3.26. The third kappa shape index (κ3) is 17.7. The van der Waals surface area contributed by atoms with Gasteiger partial charge in [0.1, 0.15) is 0 Å². The van der Waals surface area contributed by atoms with Gasteiger partial charge in [-0.05, 0) is 18.8 Å². The minimum atomic E-state index is -0.893. The van der Waals surface area contributed by atoms with Gasteiger partial charge in [-0.3, -0.25) is 0 Å². The summed E-state index contributed by atoms with van der Waals surface area (Å²) in [5.74, 6) is -1.11. The number of carbonyl (C=O) groups is 1. The molecular weight excluding hydrogens is 283 g/mol. The van der Waals surface area contributed by atoms with E-state index in [1.165, 1.54) is 32.1 Å². The molecule has 0 saturated heterocycles. The van der Waals surface area contributed by atoms with E-state index in [1.54, 1.807) is 5.05 Å². The van der Waals surface area contributed by atoms with E-state index >= 15 is 0 Å². The quantitative estimate of drug-likeness (QED) is 0.452. The van der Waals surface area contributed by atoms with Crippen LogP contribution < -0.4 is 5.11 Å². The van der Waals surface area contributed by atoms with Crippen LogP contribution >= 0.6 is 0 Å². The Labute approximate surface area is 127 Å². The van der Waals surface area contributed by atoms with E-state index in [9.17, 15) is 9.90 Å². The summed E-state index contributed by atoms with van der Waals surface area (Å²) < 4.78 is 0. The molecule has 116 valence electrons. The second-order valence-corrected chi connectivity index (χ2v) is 5.09. The van der Waals surface area contributed by atoms with Crippen LogP contribution in [0.3, 0.4) is 0 Å². The van der Waals surface area contributed by atoms with E-state index in [2.05, 4.69) is 35.4 Å². The summed E-state index contributed by atoms with van der Waals surface area (Å²) in [5, 5.41) is 12.1. The molecule has 1 unspecified atom stereocenters. The zero-order valence-corrected chi connectivity index (χ0v) is 13.7. The predicted molar refractivity (Wildman–Crippen MR) is 76.2 cm³/mol. The van der Waals surface area contributed by atoms with E-state index in [-0.39, 0.29) is 5.92 Å². The van der Waals surface area contributed by atoms with Crippen LogP contribution in [-0.2, 0) is 20.3 Å². The first-order valence-electron chi connectivity index (χ1n) is 7.56. The topological polar surface area (TPSA) is 40.1 Å². The zero-order valence-electron chi connectivity index (χ0n) is 12.7. The van der Waals surface area contributed by atoms with Crippen molar-refractivity contribution < 1.29 is 25.4 Å². The summed E-state index contributed by atoms with van der Waals surface area (Å²) >= 11 is 4.39. The van der Waals surface area contributed by atoms with Gasteiger partial charge >= 0.3 is 65.6 Å². The van der Waals surface area contributed by atoms with Crippen LogP contribution in [0.4, 0.5) is 0 Å². The summed E-state index contributed by atoms with van der Waals surface area (Å²) in [6.45, 7) is 6.17. The van der Waals surface area contributed by atoms with E-state index in [0.717, 1.165) is 19.3 Å². The molecule has 0 aromatic heterocycles. The second-order valence-electron chi connectivity index (χ2n) is 4.76. The molecule has 0 radical (unpaired) electrons. The summed E-state index contributed by atoms with van der Waals surface area (Å²) in [7, 11) is 0. The molecule has 0 aliphatic heterocycles. The normalized spacial score (nSPS) is 12.1. The van der Waals surface area contributed by atoms with Gasteiger partial charge in [0.05, 0.1) is 0 Å². The molecule has 0 spiro atoms. The summed E-state index contributed by atoms with van der Waals surface area (Å²) in [4.78, 5) is 10.3. The molecule has 0 heterocycles. The standard InChI is InChI=1S/C8H16O2.C8H15.Ni/c1-3-5-6-7(4-2)8(9)10;1-3-5-7-8-6-4-2;/h7H,3-6H2,1-2H3,(H,9,10);1,3H,4-8H2,2H3;/q;;+1/p-1. The van der Waals surface area contributed by atoms with Gasteiger partial charge in [0.2, 0.25) is 0 Å². The van der Waals surface area contributed by atoms with Crippen LogP contribution in [0.1, 0.15) is 78.6 Å². The van der Waals surface area contributed by atoms with Gasteiger partial charge in [-0.1, -0.05) is 26.7 Å². The zero-order chi connectivity index (χ0) is 14.9. The van der Waals surface area contributed by atoms with Crippen LogP contribution in [0.15, 0.2) is 11.1 Å². The summed E-state index contributed by atoms with van der Waals surface area (Å²) in [6, 6.07) is 0. The first-order valence-corrected chi connectivity index (χ1v) is 8.13. The van der Waals surface area contributed by atoms with Gasteiger partial charge in [0.15, 0.2) is 0 Å². The molecule has 0 N–H and O–H groups in total. The predicted octanol–water partition coefficient (Wildman–Crippen LogP) is 3.97. The molecule has 0 fully saturated rings. The fraction of sp³-hybridized carbons (Fsp3) is 0.812. The van der Waals surface area contributed by atoms with Crippen molar-refractivity contribution in [2.75, 3.05) is 0 Å². The maximum absolute atomic E-state index is 10.3. The molecule has 2 nitrogen and oxygen atoms in total. The number of carbonyl (C=O) groups excluding carboxylic acids is 1. The van der Waals surface area contributed by atoms with Gasteiger partial charge in [-0.25, -0.2) is 0 Å². The van der Waals surface area contributed by atoms with E-state index in [0.29, 0.717) is 6.42 Å². The fourth-order valence-electron chi connectivity index (χ4n) is 1.68. The number of allylic oxidation sites excluding steroid dienone is 1. The van der Waals surface area contributed by atoms with E-state index in [1.807, 2.05) is 6.92 Å².